The van der Waals surface area contributed by atoms with Crippen LogP contribution in [-0.2, 0) is 10.8 Å². The van der Waals surface area contributed by atoms with Crippen LogP contribution in [0, 0.1) is 17.5 Å². The Morgan fingerprint density at radius 1 is 0.857 bits per heavy atom. The van der Waals surface area contributed by atoms with E-state index in [1.165, 1.54) is 19.2 Å². The molecule has 0 radical (unpaired) electrons. The number of benzene rings is 2. The zero-order valence-corrected chi connectivity index (χ0v) is 17.5. The standard InChI is InChI=1S/C23H29F3O2/c1-22(2,3)16-9-11-18(21(26)20(16)25)28-13-7-12-23(4,5)15-8-10-17(24)19(14-15)27-6/h8-11,14H,7,12-13H2,1-6H3. The minimum Gasteiger partial charge on any atom is -0.494 e. The molecule has 0 aliphatic rings. The molecule has 2 aromatic rings. The third-order valence-electron chi connectivity index (χ3n) is 4.99. The van der Waals surface area contributed by atoms with Gasteiger partial charge in [-0.25, -0.2) is 8.78 Å². The van der Waals surface area contributed by atoms with E-state index in [9.17, 15) is 13.2 Å². The van der Waals surface area contributed by atoms with Gasteiger partial charge >= 0.3 is 0 Å². The molecule has 0 bridgehead atoms. The molecule has 0 saturated heterocycles. The summed E-state index contributed by atoms with van der Waals surface area (Å²) in [6.07, 6.45) is 1.36. The van der Waals surface area contributed by atoms with Crippen LogP contribution in [0.25, 0.3) is 0 Å². The molecule has 0 N–H and O–H groups in total. The summed E-state index contributed by atoms with van der Waals surface area (Å²) in [6.45, 7) is 9.83. The van der Waals surface area contributed by atoms with Crippen molar-refractivity contribution in [3.8, 4) is 11.5 Å². The van der Waals surface area contributed by atoms with Crippen LogP contribution < -0.4 is 9.47 Å². The molecule has 2 aromatic carbocycles. The van der Waals surface area contributed by atoms with Gasteiger partial charge in [0.15, 0.2) is 23.1 Å². The van der Waals surface area contributed by atoms with Crippen LogP contribution in [0.1, 0.15) is 58.6 Å². The molecule has 0 aromatic heterocycles. The summed E-state index contributed by atoms with van der Waals surface area (Å²) in [5.41, 5.74) is 0.537. The largest absolute Gasteiger partial charge is 0.494 e. The van der Waals surface area contributed by atoms with Gasteiger partial charge in [0.2, 0.25) is 5.82 Å². The lowest BCUT2D eigenvalue weighted by Crippen LogP contribution is -2.19. The topological polar surface area (TPSA) is 18.5 Å². The van der Waals surface area contributed by atoms with E-state index >= 15 is 0 Å². The fourth-order valence-corrected chi connectivity index (χ4v) is 3.14. The molecule has 0 saturated carbocycles. The van der Waals surface area contributed by atoms with Crippen molar-refractivity contribution in [3.63, 3.8) is 0 Å². The van der Waals surface area contributed by atoms with E-state index < -0.39 is 22.9 Å². The molecule has 0 spiro atoms. The Hall–Kier alpha value is -2.17. The van der Waals surface area contributed by atoms with Crippen molar-refractivity contribution in [2.45, 2.75) is 58.3 Å². The number of hydrogen-bond donors (Lipinski definition) is 0. The lowest BCUT2D eigenvalue weighted by Gasteiger charge is -2.26. The maximum Gasteiger partial charge on any atom is 0.200 e. The predicted octanol–water partition coefficient (Wildman–Crippen LogP) is 6.55. The zero-order chi connectivity index (χ0) is 21.1. The smallest absolute Gasteiger partial charge is 0.200 e. The monoisotopic (exact) mass is 394 g/mol. The van der Waals surface area contributed by atoms with E-state index in [2.05, 4.69) is 0 Å². The first-order valence-electron chi connectivity index (χ1n) is 9.42. The molecule has 28 heavy (non-hydrogen) atoms. The first-order chi connectivity index (χ1) is 13.0. The SMILES string of the molecule is COc1cc(C(C)(C)CCCOc2ccc(C(C)(C)C)c(F)c2F)ccc1F. The maximum atomic E-state index is 14.3. The Labute approximate surface area is 165 Å². The van der Waals surface area contributed by atoms with Gasteiger partial charge in [0, 0.05) is 0 Å². The molecule has 0 heterocycles. The average molecular weight is 394 g/mol. The first-order valence-corrected chi connectivity index (χ1v) is 9.42. The predicted molar refractivity (Wildman–Crippen MR) is 106 cm³/mol. The second kappa shape index (κ2) is 8.46. The number of rotatable bonds is 7. The molecule has 0 atom stereocenters. The van der Waals surface area contributed by atoms with Crippen LogP contribution in [-0.4, -0.2) is 13.7 Å². The van der Waals surface area contributed by atoms with Crippen LogP contribution in [0.4, 0.5) is 13.2 Å². The fourth-order valence-electron chi connectivity index (χ4n) is 3.14. The Balaban J connectivity index is 1.99. The highest BCUT2D eigenvalue weighted by Crippen LogP contribution is 2.33. The van der Waals surface area contributed by atoms with Gasteiger partial charge < -0.3 is 9.47 Å². The van der Waals surface area contributed by atoms with E-state index in [4.69, 9.17) is 9.47 Å². The molecule has 0 unspecified atom stereocenters. The molecule has 154 valence electrons. The molecule has 0 aliphatic carbocycles. The number of methoxy groups -OCH3 is 1. The van der Waals surface area contributed by atoms with Crippen molar-refractivity contribution in [3.05, 3.63) is 58.9 Å². The van der Waals surface area contributed by atoms with E-state index in [0.29, 0.717) is 12.0 Å². The van der Waals surface area contributed by atoms with E-state index in [0.717, 1.165) is 12.0 Å². The van der Waals surface area contributed by atoms with Gasteiger partial charge in [-0.3, -0.25) is 0 Å². The molecule has 5 heteroatoms. The first kappa shape index (κ1) is 22.1. The van der Waals surface area contributed by atoms with Crippen LogP contribution in [0.5, 0.6) is 11.5 Å². The summed E-state index contributed by atoms with van der Waals surface area (Å²) in [5.74, 6) is -2.08. The Bertz CT molecular complexity index is 823. The van der Waals surface area contributed by atoms with Crippen LogP contribution in [0.3, 0.4) is 0 Å². The fraction of sp³-hybridized carbons (Fsp3) is 0.478. The normalized spacial score (nSPS) is 12.2. The van der Waals surface area contributed by atoms with Gasteiger partial charge in [-0.1, -0.05) is 46.8 Å². The number of hydrogen-bond acceptors (Lipinski definition) is 2. The summed E-state index contributed by atoms with van der Waals surface area (Å²) in [5, 5.41) is 0. The highest BCUT2D eigenvalue weighted by atomic mass is 19.2. The highest BCUT2D eigenvalue weighted by molar-refractivity contribution is 5.35. The summed E-state index contributed by atoms with van der Waals surface area (Å²) in [6, 6.07) is 7.87. The van der Waals surface area contributed by atoms with Gasteiger partial charge in [0.1, 0.15) is 0 Å². The van der Waals surface area contributed by atoms with Crippen LogP contribution >= 0.6 is 0 Å². The van der Waals surface area contributed by atoms with Gasteiger partial charge in [-0.15, -0.1) is 0 Å². The molecular formula is C23H29F3O2. The van der Waals surface area contributed by atoms with E-state index in [-0.39, 0.29) is 23.5 Å². The second-order valence-corrected chi connectivity index (χ2v) is 8.67. The van der Waals surface area contributed by atoms with Crippen molar-refractivity contribution < 1.29 is 22.6 Å². The minimum atomic E-state index is -0.949. The van der Waals surface area contributed by atoms with Crippen molar-refractivity contribution in [2.24, 2.45) is 0 Å². The summed E-state index contributed by atoms with van der Waals surface area (Å²) >= 11 is 0. The highest BCUT2D eigenvalue weighted by Gasteiger charge is 2.24. The Kier molecular flexibility index (Phi) is 6.68. The molecular weight excluding hydrogens is 365 g/mol. The average Bonchev–Trinajstić information content (AvgIpc) is 2.61. The molecule has 0 amide bonds. The van der Waals surface area contributed by atoms with Crippen molar-refractivity contribution in [2.75, 3.05) is 13.7 Å². The van der Waals surface area contributed by atoms with Crippen molar-refractivity contribution in [1.29, 1.82) is 0 Å². The van der Waals surface area contributed by atoms with Gasteiger partial charge in [-0.2, -0.15) is 4.39 Å². The molecule has 2 nitrogen and oxygen atoms in total. The van der Waals surface area contributed by atoms with Gasteiger partial charge in [0.05, 0.1) is 13.7 Å². The number of halogens is 3. The lowest BCUT2D eigenvalue weighted by atomic mass is 9.80. The third-order valence-corrected chi connectivity index (χ3v) is 4.99. The third kappa shape index (κ3) is 5.00. The molecule has 2 rings (SSSR count). The Morgan fingerprint density at radius 2 is 1.54 bits per heavy atom. The van der Waals surface area contributed by atoms with Crippen LogP contribution in [0.2, 0.25) is 0 Å². The number of ether oxygens (including phenoxy) is 2. The summed E-state index contributed by atoms with van der Waals surface area (Å²) in [7, 11) is 1.43. The second-order valence-electron chi connectivity index (χ2n) is 8.67. The van der Waals surface area contributed by atoms with Crippen molar-refractivity contribution in [1.82, 2.24) is 0 Å². The molecule has 0 aliphatic heterocycles. The van der Waals surface area contributed by atoms with Crippen LogP contribution in [0.15, 0.2) is 30.3 Å². The Morgan fingerprint density at radius 3 is 2.14 bits per heavy atom. The van der Waals surface area contributed by atoms with E-state index in [1.807, 2.05) is 34.6 Å². The summed E-state index contributed by atoms with van der Waals surface area (Å²) < 4.78 is 52.7. The molecule has 0 fully saturated rings. The van der Waals surface area contributed by atoms with Crippen molar-refractivity contribution >= 4 is 0 Å². The quantitative estimate of drug-likeness (QED) is 0.496. The minimum absolute atomic E-state index is 0.0771. The van der Waals surface area contributed by atoms with Gasteiger partial charge in [0.25, 0.3) is 0 Å². The zero-order valence-electron chi connectivity index (χ0n) is 17.5. The maximum absolute atomic E-state index is 14.3. The van der Waals surface area contributed by atoms with Gasteiger partial charge in [-0.05, 0) is 53.0 Å². The lowest BCUT2D eigenvalue weighted by molar-refractivity contribution is 0.271. The summed E-state index contributed by atoms with van der Waals surface area (Å²) in [4.78, 5) is 0. The van der Waals surface area contributed by atoms with E-state index in [1.54, 1.807) is 18.2 Å².